The van der Waals surface area contributed by atoms with Crippen LogP contribution in [0.5, 0.6) is 5.75 Å². The van der Waals surface area contributed by atoms with Crippen molar-refractivity contribution in [1.82, 2.24) is 0 Å². The van der Waals surface area contributed by atoms with E-state index >= 15 is 0 Å². The van der Waals surface area contributed by atoms with E-state index in [-0.39, 0.29) is 6.10 Å². The van der Waals surface area contributed by atoms with E-state index in [1.807, 2.05) is 26.0 Å². The SMILES string of the molecule is CC(C)Oc1cc(N)cc(NC(C)C2CCCCC2)c1. The third-order valence-corrected chi connectivity index (χ3v) is 4.05. The summed E-state index contributed by atoms with van der Waals surface area (Å²) in [6.07, 6.45) is 6.98. The van der Waals surface area contributed by atoms with Crippen LogP contribution < -0.4 is 15.8 Å². The number of benzene rings is 1. The lowest BCUT2D eigenvalue weighted by molar-refractivity contribution is 0.242. The summed E-state index contributed by atoms with van der Waals surface area (Å²) < 4.78 is 5.74. The second kappa shape index (κ2) is 6.87. The highest BCUT2D eigenvalue weighted by Crippen LogP contribution is 2.30. The van der Waals surface area contributed by atoms with Crippen LogP contribution >= 0.6 is 0 Å². The highest BCUT2D eigenvalue weighted by atomic mass is 16.5. The monoisotopic (exact) mass is 276 g/mol. The zero-order valence-electron chi connectivity index (χ0n) is 13.0. The number of nitrogen functional groups attached to an aromatic ring is 1. The summed E-state index contributed by atoms with van der Waals surface area (Å²) >= 11 is 0. The van der Waals surface area contributed by atoms with Gasteiger partial charge in [0.05, 0.1) is 6.10 Å². The quantitative estimate of drug-likeness (QED) is 0.782. The Kier molecular flexibility index (Phi) is 5.16. The number of rotatable bonds is 5. The molecule has 0 aliphatic heterocycles. The van der Waals surface area contributed by atoms with Gasteiger partial charge < -0.3 is 15.8 Å². The molecule has 0 amide bonds. The van der Waals surface area contributed by atoms with Crippen LogP contribution in [0.15, 0.2) is 18.2 Å². The van der Waals surface area contributed by atoms with E-state index in [2.05, 4.69) is 18.3 Å². The first kappa shape index (κ1) is 15.0. The van der Waals surface area contributed by atoms with Crippen LogP contribution in [0.25, 0.3) is 0 Å². The van der Waals surface area contributed by atoms with Crippen LogP contribution in [-0.4, -0.2) is 12.1 Å². The fraction of sp³-hybridized carbons (Fsp3) is 0.647. The summed E-state index contributed by atoms with van der Waals surface area (Å²) in [5.41, 5.74) is 7.79. The maximum absolute atomic E-state index is 5.97. The van der Waals surface area contributed by atoms with Crippen molar-refractivity contribution in [3.63, 3.8) is 0 Å². The van der Waals surface area contributed by atoms with Crippen molar-refractivity contribution in [2.45, 2.75) is 65.0 Å². The Balaban J connectivity index is 2.02. The summed E-state index contributed by atoms with van der Waals surface area (Å²) in [7, 11) is 0. The summed E-state index contributed by atoms with van der Waals surface area (Å²) in [6, 6.07) is 6.42. The van der Waals surface area contributed by atoms with Crippen molar-refractivity contribution in [2.24, 2.45) is 5.92 Å². The predicted octanol–water partition coefficient (Wildman–Crippen LogP) is 4.44. The summed E-state index contributed by atoms with van der Waals surface area (Å²) in [5.74, 6) is 1.62. The van der Waals surface area contributed by atoms with E-state index in [0.717, 1.165) is 23.0 Å². The molecule has 2 rings (SSSR count). The van der Waals surface area contributed by atoms with E-state index < -0.39 is 0 Å². The van der Waals surface area contributed by atoms with Crippen molar-refractivity contribution in [3.8, 4) is 5.75 Å². The molecule has 1 unspecified atom stereocenters. The van der Waals surface area contributed by atoms with Gasteiger partial charge in [0.25, 0.3) is 0 Å². The summed E-state index contributed by atoms with van der Waals surface area (Å²) in [5, 5.41) is 3.61. The molecule has 0 saturated heterocycles. The van der Waals surface area contributed by atoms with Gasteiger partial charge in [0.2, 0.25) is 0 Å². The van der Waals surface area contributed by atoms with E-state index in [1.165, 1.54) is 32.1 Å². The highest BCUT2D eigenvalue weighted by molar-refractivity contribution is 5.59. The van der Waals surface area contributed by atoms with Crippen molar-refractivity contribution in [1.29, 1.82) is 0 Å². The Morgan fingerprint density at radius 2 is 1.80 bits per heavy atom. The molecule has 1 atom stereocenters. The molecule has 0 spiro atoms. The molecular formula is C17H28N2O. The smallest absolute Gasteiger partial charge is 0.123 e. The predicted molar refractivity (Wildman–Crippen MR) is 86.3 cm³/mol. The van der Waals surface area contributed by atoms with Crippen LogP contribution in [0.1, 0.15) is 52.9 Å². The van der Waals surface area contributed by atoms with Gasteiger partial charge in [0, 0.05) is 29.5 Å². The lowest BCUT2D eigenvalue weighted by Crippen LogP contribution is -2.27. The van der Waals surface area contributed by atoms with E-state index in [1.54, 1.807) is 0 Å². The van der Waals surface area contributed by atoms with Gasteiger partial charge in [0.1, 0.15) is 5.75 Å². The molecule has 1 aliphatic rings. The fourth-order valence-electron chi connectivity index (χ4n) is 3.06. The average Bonchev–Trinajstić information content (AvgIpc) is 2.38. The second-order valence-electron chi connectivity index (χ2n) is 6.29. The van der Waals surface area contributed by atoms with Crippen LogP contribution in [-0.2, 0) is 0 Å². The normalized spacial score (nSPS) is 18.0. The van der Waals surface area contributed by atoms with Crippen LogP contribution in [0.3, 0.4) is 0 Å². The Bertz CT molecular complexity index is 425. The number of hydrogen-bond donors (Lipinski definition) is 2. The molecule has 1 saturated carbocycles. The molecule has 3 heteroatoms. The topological polar surface area (TPSA) is 47.3 Å². The zero-order valence-corrected chi connectivity index (χ0v) is 13.0. The standard InChI is InChI=1S/C17H28N2O/c1-12(2)20-17-10-15(18)9-16(11-17)19-13(3)14-7-5-4-6-8-14/h9-14,19H,4-8,18H2,1-3H3. The molecule has 1 aromatic rings. The molecule has 1 aliphatic carbocycles. The number of nitrogens with one attached hydrogen (secondary N) is 1. The highest BCUT2D eigenvalue weighted by Gasteiger charge is 2.20. The molecule has 0 bridgehead atoms. The minimum Gasteiger partial charge on any atom is -0.491 e. The van der Waals surface area contributed by atoms with Gasteiger partial charge in [-0.15, -0.1) is 0 Å². The Labute approximate surface area is 122 Å². The van der Waals surface area contributed by atoms with Gasteiger partial charge in [0.15, 0.2) is 0 Å². The molecule has 20 heavy (non-hydrogen) atoms. The van der Waals surface area contributed by atoms with Gasteiger partial charge in [-0.3, -0.25) is 0 Å². The largest absolute Gasteiger partial charge is 0.491 e. The third kappa shape index (κ3) is 4.32. The zero-order chi connectivity index (χ0) is 14.5. The minimum atomic E-state index is 0.167. The molecule has 1 fully saturated rings. The number of anilines is 2. The maximum Gasteiger partial charge on any atom is 0.123 e. The average molecular weight is 276 g/mol. The van der Waals surface area contributed by atoms with E-state index in [4.69, 9.17) is 10.5 Å². The van der Waals surface area contributed by atoms with Crippen molar-refractivity contribution < 1.29 is 4.74 Å². The molecule has 0 aromatic heterocycles. The van der Waals surface area contributed by atoms with Crippen LogP contribution in [0.2, 0.25) is 0 Å². The van der Waals surface area contributed by atoms with Crippen LogP contribution in [0, 0.1) is 5.92 Å². The van der Waals surface area contributed by atoms with Gasteiger partial charge >= 0.3 is 0 Å². The summed E-state index contributed by atoms with van der Waals surface area (Å²) in [6.45, 7) is 6.34. The number of hydrogen-bond acceptors (Lipinski definition) is 3. The number of ether oxygens (including phenoxy) is 1. The fourth-order valence-corrected chi connectivity index (χ4v) is 3.06. The van der Waals surface area contributed by atoms with Gasteiger partial charge in [-0.25, -0.2) is 0 Å². The molecule has 3 nitrogen and oxygen atoms in total. The number of nitrogens with two attached hydrogens (primary N) is 1. The van der Waals surface area contributed by atoms with Gasteiger partial charge in [-0.05, 0) is 45.6 Å². The minimum absolute atomic E-state index is 0.167. The molecular weight excluding hydrogens is 248 g/mol. The van der Waals surface area contributed by atoms with Gasteiger partial charge in [-0.2, -0.15) is 0 Å². The third-order valence-electron chi connectivity index (χ3n) is 4.05. The first-order valence-corrected chi connectivity index (χ1v) is 7.88. The Morgan fingerprint density at radius 3 is 2.45 bits per heavy atom. The molecule has 3 N–H and O–H groups in total. The molecule has 0 heterocycles. The van der Waals surface area contributed by atoms with Crippen LogP contribution in [0.4, 0.5) is 11.4 Å². The van der Waals surface area contributed by atoms with Crippen molar-refractivity contribution in [2.75, 3.05) is 11.1 Å². The van der Waals surface area contributed by atoms with E-state index in [9.17, 15) is 0 Å². The lowest BCUT2D eigenvalue weighted by Gasteiger charge is -2.29. The molecule has 0 radical (unpaired) electrons. The molecule has 1 aromatic carbocycles. The first-order valence-electron chi connectivity index (χ1n) is 7.88. The Morgan fingerprint density at radius 1 is 1.10 bits per heavy atom. The molecule has 112 valence electrons. The first-order chi connectivity index (χ1) is 9.54. The second-order valence-corrected chi connectivity index (χ2v) is 6.29. The van der Waals surface area contributed by atoms with E-state index in [0.29, 0.717) is 6.04 Å². The summed E-state index contributed by atoms with van der Waals surface area (Å²) in [4.78, 5) is 0. The van der Waals surface area contributed by atoms with Gasteiger partial charge in [-0.1, -0.05) is 19.3 Å². The Hall–Kier alpha value is -1.38. The van der Waals surface area contributed by atoms with Crippen molar-refractivity contribution in [3.05, 3.63) is 18.2 Å². The lowest BCUT2D eigenvalue weighted by atomic mass is 9.84. The maximum atomic E-state index is 5.97. The van der Waals surface area contributed by atoms with Crippen molar-refractivity contribution >= 4 is 11.4 Å².